The van der Waals surface area contributed by atoms with Crippen molar-refractivity contribution in [3.8, 4) is 11.8 Å². The van der Waals surface area contributed by atoms with E-state index in [0.717, 1.165) is 64.6 Å². The highest BCUT2D eigenvalue weighted by atomic mass is 16.6. The van der Waals surface area contributed by atoms with Gasteiger partial charge in [-0.05, 0) is 89.5 Å². The number of ether oxygens (including phenoxy) is 3. The molecule has 57 heavy (non-hydrogen) atoms. The highest BCUT2D eigenvalue weighted by Gasteiger charge is 2.65. The summed E-state index contributed by atoms with van der Waals surface area (Å²) in [4.78, 5) is 28.3. The Bertz CT molecular complexity index is 1500. The average Bonchev–Trinajstić information content (AvgIpc) is 3.19. The van der Waals surface area contributed by atoms with Gasteiger partial charge in [0.05, 0.1) is 69.3 Å². The number of aliphatic hydroxyl groups excluding tert-OH is 3. The predicted molar refractivity (Wildman–Crippen MR) is 212 cm³/mol. The molecule has 13 nitrogen and oxygen atoms in total. The van der Waals surface area contributed by atoms with Crippen molar-refractivity contribution in [2.24, 2.45) is 64.7 Å². The van der Waals surface area contributed by atoms with Gasteiger partial charge in [-0.3, -0.25) is 10.5 Å². The number of aliphatic hydroxyl groups is 3. The van der Waals surface area contributed by atoms with Crippen LogP contribution in [-0.4, -0.2) is 115 Å². The number of ketones is 1. The second-order valence-electron chi connectivity index (χ2n) is 19.1. The SMILES string of the molecule is CC=C(CC[NH2+]C)C(=O)OC1CC2C(O)C3C(=O)CC(CO)OC3C3C2OC1(C)C(CC1CCC(N)[NH2+]C1)CC#CC(C1CCCC(O)C1)C3C1CCNC(N)C1. The summed E-state index contributed by atoms with van der Waals surface area (Å²) < 4.78 is 21.2. The third-order valence-corrected chi connectivity index (χ3v) is 15.6. The summed E-state index contributed by atoms with van der Waals surface area (Å²) in [5.41, 5.74) is 12.6. The van der Waals surface area contributed by atoms with E-state index in [1.807, 2.05) is 25.4 Å². The normalized spacial score (nSPS) is 46.6. The second kappa shape index (κ2) is 18.8. The Morgan fingerprint density at radius 1 is 1.11 bits per heavy atom. The smallest absolute Gasteiger partial charge is 0.334 e. The lowest BCUT2D eigenvalue weighted by molar-refractivity contribution is -0.703. The molecule has 2 bridgehead atoms. The standard InChI is InChI=1S/C44H71N5O8/c1-4-25(13-15-47-3)43(54)56-34-21-32-40(53)38-33(52)20-30(23-50)55-42(38)39-37(27-14-16-48-36(46)19-27)31(26-7-5-9-29(51)18-26)10-6-8-28(44(34,2)57-41(32)39)17-24-11-12-35(45)49-22-24/h4,24,26-32,34-42,47-51,53H,5,7-9,11-23,45-46H2,1-3H3/p+2. The summed E-state index contributed by atoms with van der Waals surface area (Å²) in [5.74, 6) is 5.74. The van der Waals surface area contributed by atoms with Crippen LogP contribution in [0.2, 0.25) is 0 Å². The number of allylic oxidation sites excluding steroid dienone is 1. The van der Waals surface area contributed by atoms with E-state index in [2.05, 4.69) is 29.4 Å². The number of fused-ring (bicyclic) bond motifs is 3. The lowest BCUT2D eigenvalue weighted by Crippen LogP contribution is -2.95. The molecule has 7 rings (SSSR count). The van der Waals surface area contributed by atoms with Gasteiger partial charge >= 0.3 is 5.97 Å². The molecule has 2 aliphatic carbocycles. The Labute approximate surface area is 339 Å². The summed E-state index contributed by atoms with van der Waals surface area (Å²) in [7, 11) is 1.98. The molecule has 320 valence electrons. The molecule has 13 heteroatoms. The predicted octanol–water partition coefficient (Wildman–Crippen LogP) is -0.343. The molecule has 5 heterocycles. The van der Waals surface area contributed by atoms with Crippen LogP contribution in [0.4, 0.5) is 0 Å². The van der Waals surface area contributed by atoms with Gasteiger partial charge < -0.3 is 51.2 Å². The molecule has 0 amide bonds. The van der Waals surface area contributed by atoms with E-state index in [4.69, 9.17) is 25.7 Å². The molecule has 4 saturated heterocycles. The number of nitrogens with two attached hydrogens (primary N) is 4. The largest absolute Gasteiger partial charge is 0.456 e. The minimum atomic E-state index is -1.09. The number of piperidine rings is 2. The molecule has 0 aromatic carbocycles. The molecule has 5 aliphatic heterocycles. The third-order valence-electron chi connectivity index (χ3n) is 15.6. The summed E-state index contributed by atoms with van der Waals surface area (Å²) in [5, 5.41) is 41.8. The van der Waals surface area contributed by atoms with Crippen LogP contribution in [0.1, 0.15) is 97.3 Å². The number of nitrogens with one attached hydrogen (secondary N) is 1. The molecule has 0 aromatic heterocycles. The van der Waals surface area contributed by atoms with Crippen molar-refractivity contribution in [1.29, 1.82) is 0 Å². The van der Waals surface area contributed by atoms with Gasteiger partial charge in [0.15, 0.2) is 0 Å². The summed E-state index contributed by atoms with van der Waals surface area (Å²) >= 11 is 0. The Hall–Kier alpha value is -1.96. The Kier molecular flexibility index (Phi) is 14.2. The molecule has 0 radical (unpaired) electrons. The number of hydrogen-bond acceptors (Lipinski definition) is 11. The van der Waals surface area contributed by atoms with Crippen LogP contribution in [-0.2, 0) is 23.8 Å². The van der Waals surface area contributed by atoms with Crippen LogP contribution in [0.5, 0.6) is 0 Å². The first-order valence-corrected chi connectivity index (χ1v) is 22.5. The first kappa shape index (κ1) is 43.1. The van der Waals surface area contributed by atoms with Crippen LogP contribution in [0.15, 0.2) is 11.6 Å². The van der Waals surface area contributed by atoms with Gasteiger partial charge in [0.1, 0.15) is 23.7 Å². The molecule has 12 N–H and O–H groups in total. The van der Waals surface area contributed by atoms with Crippen LogP contribution in [0.3, 0.4) is 0 Å². The van der Waals surface area contributed by atoms with Crippen LogP contribution in [0, 0.1) is 65.1 Å². The zero-order valence-electron chi connectivity index (χ0n) is 34.6. The Balaban J connectivity index is 1.38. The van der Waals surface area contributed by atoms with Gasteiger partial charge in [0.2, 0.25) is 0 Å². The third kappa shape index (κ3) is 9.07. The van der Waals surface area contributed by atoms with Crippen molar-refractivity contribution < 1.29 is 49.8 Å². The lowest BCUT2D eigenvalue weighted by Gasteiger charge is -2.62. The number of esters is 1. The van der Waals surface area contributed by atoms with Crippen molar-refractivity contribution in [1.82, 2.24) is 5.32 Å². The molecule has 0 spiro atoms. The van der Waals surface area contributed by atoms with Crippen LogP contribution in [0.25, 0.3) is 0 Å². The molecule has 18 atom stereocenters. The van der Waals surface area contributed by atoms with Gasteiger partial charge in [0, 0.05) is 60.8 Å². The quantitative estimate of drug-likeness (QED) is 0.0812. The number of quaternary nitrogens is 2. The van der Waals surface area contributed by atoms with Gasteiger partial charge in [-0.15, -0.1) is 5.92 Å². The van der Waals surface area contributed by atoms with E-state index in [1.165, 1.54) is 0 Å². The number of carbonyl (C=O) groups is 2. The Morgan fingerprint density at radius 3 is 2.63 bits per heavy atom. The summed E-state index contributed by atoms with van der Waals surface area (Å²) in [6, 6.07) is 0. The molecule has 6 fully saturated rings. The molecule has 18 unspecified atom stereocenters. The van der Waals surface area contributed by atoms with E-state index in [1.54, 1.807) is 0 Å². The number of rotatable bonds is 10. The molecule has 2 saturated carbocycles. The number of hydrogen-bond donors (Lipinski definition) is 8. The number of Topliss-reactive ketones (excluding diaryl/α,β-unsaturated/α-hetero) is 1. The van der Waals surface area contributed by atoms with Crippen molar-refractivity contribution in [3.05, 3.63) is 11.6 Å². The zero-order valence-corrected chi connectivity index (χ0v) is 34.6. The molecule has 0 aromatic rings. The van der Waals surface area contributed by atoms with E-state index in [9.17, 15) is 24.9 Å². The van der Waals surface area contributed by atoms with E-state index in [-0.39, 0.29) is 72.6 Å². The minimum Gasteiger partial charge on any atom is -0.456 e. The van der Waals surface area contributed by atoms with E-state index in [0.29, 0.717) is 43.6 Å². The van der Waals surface area contributed by atoms with Crippen LogP contribution >= 0.6 is 0 Å². The maximum Gasteiger partial charge on any atom is 0.334 e. The number of carbonyl (C=O) groups excluding carboxylic acids is 2. The lowest BCUT2D eigenvalue weighted by atomic mass is 9.53. The van der Waals surface area contributed by atoms with Crippen molar-refractivity contribution in [2.45, 2.75) is 152 Å². The van der Waals surface area contributed by atoms with E-state index >= 15 is 0 Å². The molecular formula is C44H73N5O8+2. The van der Waals surface area contributed by atoms with E-state index < -0.39 is 54.1 Å². The first-order chi connectivity index (χ1) is 27.4. The van der Waals surface area contributed by atoms with Crippen molar-refractivity contribution in [3.63, 3.8) is 0 Å². The molecular weight excluding hydrogens is 727 g/mol. The fraction of sp³-hybridized carbons (Fsp3) is 0.864. The fourth-order valence-electron chi connectivity index (χ4n) is 12.5. The van der Waals surface area contributed by atoms with Gasteiger partial charge in [-0.1, -0.05) is 18.4 Å². The fourth-order valence-corrected chi connectivity index (χ4v) is 12.5. The minimum absolute atomic E-state index is 0.0278. The zero-order chi connectivity index (χ0) is 40.4. The molecule has 7 aliphatic rings. The highest BCUT2D eigenvalue weighted by molar-refractivity contribution is 5.88. The van der Waals surface area contributed by atoms with Crippen LogP contribution < -0.4 is 27.4 Å². The topological polar surface area (TPSA) is 220 Å². The van der Waals surface area contributed by atoms with Gasteiger partial charge in [0.25, 0.3) is 0 Å². The average molecular weight is 800 g/mol. The van der Waals surface area contributed by atoms with Crippen molar-refractivity contribution in [2.75, 3.05) is 33.3 Å². The first-order valence-electron chi connectivity index (χ1n) is 22.5. The van der Waals surface area contributed by atoms with Crippen molar-refractivity contribution >= 4 is 11.8 Å². The van der Waals surface area contributed by atoms with Gasteiger partial charge in [-0.25, -0.2) is 4.79 Å². The van der Waals surface area contributed by atoms with Gasteiger partial charge in [-0.2, -0.15) is 0 Å². The highest BCUT2D eigenvalue weighted by Crippen LogP contribution is 2.57. The summed E-state index contributed by atoms with van der Waals surface area (Å²) in [6.45, 7) is 6.07. The monoisotopic (exact) mass is 800 g/mol. The maximum absolute atomic E-state index is 14.3. The Morgan fingerprint density at radius 2 is 1.93 bits per heavy atom. The summed E-state index contributed by atoms with van der Waals surface area (Å²) in [6.07, 6.45) is 6.71. The maximum atomic E-state index is 14.3. The second-order valence-corrected chi connectivity index (χ2v) is 19.1.